The van der Waals surface area contributed by atoms with Gasteiger partial charge in [0, 0.05) is 12.6 Å². The van der Waals surface area contributed by atoms with Crippen molar-refractivity contribution >= 4 is 0 Å². The molecule has 3 unspecified atom stereocenters. The maximum absolute atomic E-state index is 12.9. The largest absolute Gasteiger partial charge is 0.396 e. The second-order valence-corrected chi connectivity index (χ2v) is 5.23. The topological polar surface area (TPSA) is 32.3 Å². The third-order valence-corrected chi connectivity index (χ3v) is 3.97. The highest BCUT2D eigenvalue weighted by Crippen LogP contribution is 2.37. The Bertz CT molecular complexity index is 233. The summed E-state index contributed by atoms with van der Waals surface area (Å²) in [6.45, 7) is 2.69. The second-order valence-electron chi connectivity index (χ2n) is 5.23. The molecule has 0 saturated heterocycles. The molecule has 0 aromatic carbocycles. The smallest absolute Gasteiger partial charge is 0.393 e. The summed E-state index contributed by atoms with van der Waals surface area (Å²) in [5, 5.41) is 12.0. The summed E-state index contributed by atoms with van der Waals surface area (Å²) in [4.78, 5) is 0. The van der Waals surface area contributed by atoms with Gasteiger partial charge in [0.1, 0.15) is 0 Å². The molecule has 0 heterocycles. The van der Waals surface area contributed by atoms with Crippen molar-refractivity contribution in [1.29, 1.82) is 0 Å². The lowest BCUT2D eigenvalue weighted by molar-refractivity contribution is -0.189. The molecule has 0 aliphatic heterocycles. The van der Waals surface area contributed by atoms with Gasteiger partial charge in [0.05, 0.1) is 5.92 Å². The summed E-state index contributed by atoms with van der Waals surface area (Å²) in [5.74, 6) is -0.927. The first kappa shape index (κ1) is 15.8. The zero-order valence-corrected chi connectivity index (χ0v) is 11.0. The Kier molecular flexibility index (Phi) is 6.43. The minimum Gasteiger partial charge on any atom is -0.396 e. The highest BCUT2D eigenvalue weighted by Gasteiger charge is 2.45. The lowest BCUT2D eigenvalue weighted by atomic mass is 9.83. The first-order valence-corrected chi connectivity index (χ1v) is 6.90. The van der Waals surface area contributed by atoms with Crippen LogP contribution in [0.15, 0.2) is 0 Å². The van der Waals surface area contributed by atoms with E-state index in [1.54, 1.807) is 0 Å². The molecule has 1 saturated carbocycles. The summed E-state index contributed by atoms with van der Waals surface area (Å²) in [6.07, 6.45) is -0.129. The van der Waals surface area contributed by atoms with Crippen molar-refractivity contribution in [3.63, 3.8) is 0 Å². The molecule has 0 radical (unpaired) electrons. The van der Waals surface area contributed by atoms with Crippen LogP contribution in [0.2, 0.25) is 0 Å². The Labute approximate surface area is 107 Å². The fourth-order valence-corrected chi connectivity index (χ4v) is 2.72. The summed E-state index contributed by atoms with van der Waals surface area (Å²) >= 11 is 0. The van der Waals surface area contributed by atoms with Crippen LogP contribution in [0.1, 0.15) is 45.4 Å². The molecular formula is C13H24F3NO. The highest BCUT2D eigenvalue weighted by molar-refractivity contribution is 4.86. The van der Waals surface area contributed by atoms with E-state index in [0.717, 1.165) is 12.8 Å². The minimum absolute atomic E-state index is 0.105. The van der Waals surface area contributed by atoms with E-state index in [1.807, 2.05) is 6.92 Å². The predicted molar refractivity (Wildman–Crippen MR) is 65.3 cm³/mol. The first-order chi connectivity index (χ1) is 8.49. The number of hydrogen-bond donors (Lipinski definition) is 2. The van der Waals surface area contributed by atoms with E-state index in [4.69, 9.17) is 5.11 Å². The van der Waals surface area contributed by atoms with Gasteiger partial charge in [0.15, 0.2) is 0 Å². The zero-order valence-electron chi connectivity index (χ0n) is 11.0. The third kappa shape index (κ3) is 4.76. The van der Waals surface area contributed by atoms with Gasteiger partial charge in [0.25, 0.3) is 0 Å². The molecule has 3 atom stereocenters. The number of alkyl halides is 3. The molecule has 1 fully saturated rings. The van der Waals surface area contributed by atoms with Crippen LogP contribution in [0.4, 0.5) is 13.2 Å². The van der Waals surface area contributed by atoms with Crippen molar-refractivity contribution in [2.45, 2.75) is 57.7 Å². The number of rotatable bonds is 6. The van der Waals surface area contributed by atoms with Crippen LogP contribution in [0.5, 0.6) is 0 Å². The normalized spacial score (nSPS) is 27.2. The van der Waals surface area contributed by atoms with Crippen LogP contribution in [-0.4, -0.2) is 30.5 Å². The molecule has 0 amide bonds. The number of hydrogen-bond acceptors (Lipinski definition) is 2. The summed E-state index contributed by atoms with van der Waals surface area (Å²) in [5.41, 5.74) is 0. The third-order valence-electron chi connectivity index (χ3n) is 3.97. The standard InChI is InChI=1S/C13H24F3NO/c1-2-10(7-8-18)9-17-12-6-4-3-5-11(12)13(14,15)16/h10-12,17-18H,2-9H2,1H3. The minimum atomic E-state index is -4.09. The van der Waals surface area contributed by atoms with Gasteiger partial charge in [-0.1, -0.05) is 26.2 Å². The maximum Gasteiger partial charge on any atom is 0.393 e. The molecule has 2 nitrogen and oxygen atoms in total. The van der Waals surface area contributed by atoms with E-state index >= 15 is 0 Å². The van der Waals surface area contributed by atoms with E-state index < -0.39 is 18.1 Å². The number of halogens is 3. The first-order valence-electron chi connectivity index (χ1n) is 6.90. The molecule has 0 aromatic heterocycles. The average Bonchev–Trinajstić information content (AvgIpc) is 2.33. The summed E-state index contributed by atoms with van der Waals surface area (Å²) in [6, 6.07) is -0.438. The number of aliphatic hydroxyl groups is 1. The Balaban J connectivity index is 2.47. The second kappa shape index (κ2) is 7.34. The highest BCUT2D eigenvalue weighted by atomic mass is 19.4. The van der Waals surface area contributed by atoms with Crippen molar-refractivity contribution < 1.29 is 18.3 Å². The van der Waals surface area contributed by atoms with E-state index in [1.165, 1.54) is 0 Å². The van der Waals surface area contributed by atoms with Gasteiger partial charge in [-0.15, -0.1) is 0 Å². The van der Waals surface area contributed by atoms with Gasteiger partial charge >= 0.3 is 6.18 Å². The Morgan fingerprint density at radius 3 is 2.50 bits per heavy atom. The molecule has 0 aromatic rings. The number of aliphatic hydroxyl groups excluding tert-OH is 1. The Hall–Kier alpha value is -0.290. The number of nitrogens with one attached hydrogen (secondary N) is 1. The zero-order chi connectivity index (χ0) is 13.6. The van der Waals surface area contributed by atoms with Crippen LogP contribution in [0.3, 0.4) is 0 Å². The SMILES string of the molecule is CCC(CCO)CNC1CCCCC1C(F)(F)F. The molecule has 18 heavy (non-hydrogen) atoms. The van der Waals surface area contributed by atoms with Crippen LogP contribution in [-0.2, 0) is 0 Å². The van der Waals surface area contributed by atoms with Gasteiger partial charge in [0.2, 0.25) is 0 Å². The van der Waals surface area contributed by atoms with Crippen molar-refractivity contribution in [2.75, 3.05) is 13.2 Å². The van der Waals surface area contributed by atoms with Crippen molar-refractivity contribution in [2.24, 2.45) is 11.8 Å². The fraction of sp³-hybridized carbons (Fsp3) is 1.00. The van der Waals surface area contributed by atoms with Crippen LogP contribution >= 0.6 is 0 Å². The van der Waals surface area contributed by atoms with E-state index in [9.17, 15) is 13.2 Å². The van der Waals surface area contributed by atoms with Crippen molar-refractivity contribution in [3.8, 4) is 0 Å². The van der Waals surface area contributed by atoms with Gasteiger partial charge in [-0.25, -0.2) is 0 Å². The lowest BCUT2D eigenvalue weighted by Crippen LogP contribution is -2.46. The molecule has 0 bridgehead atoms. The van der Waals surface area contributed by atoms with Gasteiger partial charge < -0.3 is 10.4 Å². The molecule has 1 rings (SSSR count). The average molecular weight is 267 g/mol. The van der Waals surface area contributed by atoms with E-state index in [-0.39, 0.29) is 18.9 Å². The Morgan fingerprint density at radius 2 is 1.94 bits per heavy atom. The van der Waals surface area contributed by atoms with Crippen molar-refractivity contribution in [1.82, 2.24) is 5.32 Å². The van der Waals surface area contributed by atoms with E-state index in [2.05, 4.69) is 5.32 Å². The quantitative estimate of drug-likeness (QED) is 0.775. The van der Waals surface area contributed by atoms with Gasteiger partial charge in [-0.3, -0.25) is 0 Å². The van der Waals surface area contributed by atoms with Crippen molar-refractivity contribution in [3.05, 3.63) is 0 Å². The molecule has 5 heteroatoms. The molecule has 2 N–H and O–H groups in total. The molecule has 1 aliphatic carbocycles. The van der Waals surface area contributed by atoms with Gasteiger partial charge in [-0.05, 0) is 31.7 Å². The van der Waals surface area contributed by atoms with Crippen LogP contribution in [0, 0.1) is 11.8 Å². The van der Waals surface area contributed by atoms with Gasteiger partial charge in [-0.2, -0.15) is 13.2 Å². The fourth-order valence-electron chi connectivity index (χ4n) is 2.72. The monoisotopic (exact) mass is 267 g/mol. The molecule has 0 spiro atoms. The van der Waals surface area contributed by atoms with Crippen LogP contribution < -0.4 is 5.32 Å². The van der Waals surface area contributed by atoms with Crippen LogP contribution in [0.25, 0.3) is 0 Å². The summed E-state index contributed by atoms with van der Waals surface area (Å²) in [7, 11) is 0. The van der Waals surface area contributed by atoms with E-state index in [0.29, 0.717) is 25.8 Å². The molecule has 108 valence electrons. The molecular weight excluding hydrogens is 243 g/mol. The summed E-state index contributed by atoms with van der Waals surface area (Å²) < 4.78 is 38.6. The maximum atomic E-state index is 12.9. The Morgan fingerprint density at radius 1 is 1.28 bits per heavy atom. The lowest BCUT2D eigenvalue weighted by Gasteiger charge is -2.34. The molecule has 1 aliphatic rings. The predicted octanol–water partition coefficient (Wildman–Crippen LogP) is 3.11.